The number of nitrogens with one attached hydrogen (secondary N) is 1. The molecule has 2 atom stereocenters. The van der Waals surface area contributed by atoms with E-state index in [0.29, 0.717) is 17.9 Å². The topological polar surface area (TPSA) is 69.2 Å². The van der Waals surface area contributed by atoms with E-state index < -0.39 is 11.9 Å². The Hall–Kier alpha value is -2.32. The summed E-state index contributed by atoms with van der Waals surface area (Å²) in [5.41, 5.74) is 0.789. The van der Waals surface area contributed by atoms with Crippen LogP contribution in [0.25, 0.3) is 0 Å². The van der Waals surface area contributed by atoms with Crippen molar-refractivity contribution in [3.05, 3.63) is 53.7 Å². The molecule has 4 nitrogen and oxygen atoms in total. The molecule has 0 aliphatic rings. The van der Waals surface area contributed by atoms with E-state index in [9.17, 15) is 9.50 Å². The van der Waals surface area contributed by atoms with Crippen molar-refractivity contribution in [2.24, 2.45) is 0 Å². The highest BCUT2D eigenvalue weighted by Crippen LogP contribution is 2.22. The van der Waals surface area contributed by atoms with E-state index in [1.54, 1.807) is 12.1 Å². The number of nitrogens with zero attached hydrogens (tertiary/aromatic N) is 1. The van der Waals surface area contributed by atoms with E-state index >= 15 is 0 Å². The van der Waals surface area contributed by atoms with Crippen LogP contribution in [0.1, 0.15) is 30.8 Å². The minimum absolute atomic E-state index is 0.104. The van der Waals surface area contributed by atoms with Crippen LogP contribution in [0.5, 0.6) is 0 Å². The molecule has 2 N–H and O–H groups in total. The molecule has 0 spiro atoms. The molecule has 0 bridgehead atoms. The zero-order valence-corrected chi connectivity index (χ0v) is 11.0. The Labute approximate surface area is 116 Å². The van der Waals surface area contributed by atoms with Gasteiger partial charge in [-0.25, -0.2) is 4.39 Å². The standard InChI is InChI=1S/C15H15FN2O2/c1-10(7-14(19)15-3-2-6-20-15)18-13-5-4-12(16)8-11(13)9-17/h2-6,8,10,14,18-19H,7H2,1H3/t10-,14-/m0/s1. The van der Waals surface area contributed by atoms with Crippen molar-refractivity contribution in [3.8, 4) is 6.07 Å². The maximum Gasteiger partial charge on any atom is 0.132 e. The second-order valence-electron chi connectivity index (χ2n) is 4.61. The lowest BCUT2D eigenvalue weighted by Gasteiger charge is -2.18. The van der Waals surface area contributed by atoms with Crippen LogP contribution in [-0.4, -0.2) is 11.1 Å². The number of aliphatic hydroxyl groups excluding tert-OH is 1. The summed E-state index contributed by atoms with van der Waals surface area (Å²) in [5.74, 6) is 0.0497. The number of anilines is 1. The lowest BCUT2D eigenvalue weighted by Crippen LogP contribution is -2.19. The van der Waals surface area contributed by atoms with Gasteiger partial charge in [-0.1, -0.05) is 0 Å². The second kappa shape index (κ2) is 6.22. The Balaban J connectivity index is 2.01. The van der Waals surface area contributed by atoms with Crippen LogP contribution in [0.4, 0.5) is 10.1 Å². The molecular weight excluding hydrogens is 259 g/mol. The first-order valence-corrected chi connectivity index (χ1v) is 6.28. The Morgan fingerprint density at radius 3 is 2.90 bits per heavy atom. The fraction of sp³-hybridized carbons (Fsp3) is 0.267. The molecule has 5 heteroatoms. The Kier molecular flexibility index (Phi) is 4.38. The molecule has 0 aliphatic carbocycles. The number of halogens is 1. The van der Waals surface area contributed by atoms with E-state index in [1.165, 1.54) is 24.5 Å². The Morgan fingerprint density at radius 2 is 2.25 bits per heavy atom. The van der Waals surface area contributed by atoms with Gasteiger partial charge in [0, 0.05) is 12.5 Å². The van der Waals surface area contributed by atoms with Gasteiger partial charge in [-0.3, -0.25) is 0 Å². The van der Waals surface area contributed by atoms with Crippen molar-refractivity contribution in [1.29, 1.82) is 5.26 Å². The molecule has 2 aromatic rings. The fourth-order valence-electron chi connectivity index (χ4n) is 1.99. The zero-order valence-electron chi connectivity index (χ0n) is 11.0. The number of hydrogen-bond acceptors (Lipinski definition) is 4. The van der Waals surface area contributed by atoms with E-state index in [2.05, 4.69) is 5.32 Å². The van der Waals surface area contributed by atoms with Crippen molar-refractivity contribution >= 4 is 5.69 Å². The predicted molar refractivity (Wildman–Crippen MR) is 72.5 cm³/mol. The number of benzene rings is 1. The van der Waals surface area contributed by atoms with Crippen molar-refractivity contribution in [3.63, 3.8) is 0 Å². The van der Waals surface area contributed by atoms with Gasteiger partial charge < -0.3 is 14.8 Å². The summed E-state index contributed by atoms with van der Waals surface area (Å²) < 4.78 is 18.2. The molecule has 0 unspecified atom stereocenters. The van der Waals surface area contributed by atoms with Crippen LogP contribution in [-0.2, 0) is 0 Å². The van der Waals surface area contributed by atoms with Crippen LogP contribution in [0, 0.1) is 17.1 Å². The fourth-order valence-corrected chi connectivity index (χ4v) is 1.99. The van der Waals surface area contributed by atoms with Gasteiger partial charge >= 0.3 is 0 Å². The average Bonchev–Trinajstić information content (AvgIpc) is 2.94. The van der Waals surface area contributed by atoms with Gasteiger partial charge in [0.1, 0.15) is 23.8 Å². The van der Waals surface area contributed by atoms with Gasteiger partial charge in [-0.2, -0.15) is 5.26 Å². The van der Waals surface area contributed by atoms with Crippen LogP contribution in [0.2, 0.25) is 0 Å². The predicted octanol–water partition coefficient (Wildman–Crippen LogP) is 3.21. The van der Waals surface area contributed by atoms with E-state index in [0.717, 1.165) is 0 Å². The minimum atomic E-state index is -0.724. The quantitative estimate of drug-likeness (QED) is 0.878. The second-order valence-corrected chi connectivity index (χ2v) is 4.61. The van der Waals surface area contributed by atoms with Gasteiger partial charge in [0.25, 0.3) is 0 Å². The van der Waals surface area contributed by atoms with Crippen LogP contribution >= 0.6 is 0 Å². The molecule has 0 radical (unpaired) electrons. The molecule has 104 valence electrons. The first-order chi connectivity index (χ1) is 9.60. The molecule has 0 aliphatic heterocycles. The van der Waals surface area contributed by atoms with E-state index in [1.807, 2.05) is 13.0 Å². The van der Waals surface area contributed by atoms with Crippen molar-refractivity contribution in [1.82, 2.24) is 0 Å². The van der Waals surface area contributed by atoms with Crippen molar-refractivity contribution in [2.75, 3.05) is 5.32 Å². The molecule has 2 rings (SSSR count). The van der Waals surface area contributed by atoms with Crippen LogP contribution in [0.15, 0.2) is 41.0 Å². The first-order valence-electron chi connectivity index (χ1n) is 6.28. The highest BCUT2D eigenvalue weighted by molar-refractivity contribution is 5.57. The summed E-state index contributed by atoms with van der Waals surface area (Å²) in [7, 11) is 0. The summed E-state index contributed by atoms with van der Waals surface area (Å²) in [6.07, 6.45) is 1.19. The molecule has 0 fully saturated rings. The third kappa shape index (κ3) is 3.37. The number of aliphatic hydroxyl groups is 1. The summed E-state index contributed by atoms with van der Waals surface area (Å²) in [6, 6.07) is 9.24. The average molecular weight is 274 g/mol. The molecule has 1 aromatic carbocycles. The summed E-state index contributed by atoms with van der Waals surface area (Å²) >= 11 is 0. The first kappa shape index (κ1) is 14.1. The van der Waals surface area contributed by atoms with E-state index in [4.69, 9.17) is 9.68 Å². The van der Waals surface area contributed by atoms with Gasteiger partial charge in [-0.05, 0) is 37.3 Å². The number of nitriles is 1. The van der Waals surface area contributed by atoms with E-state index in [-0.39, 0.29) is 11.6 Å². The van der Waals surface area contributed by atoms with Gasteiger partial charge in [0.05, 0.1) is 17.5 Å². The zero-order chi connectivity index (χ0) is 14.5. The maximum absolute atomic E-state index is 13.0. The minimum Gasteiger partial charge on any atom is -0.467 e. The van der Waals surface area contributed by atoms with Gasteiger partial charge in [0.2, 0.25) is 0 Å². The molecule has 1 heterocycles. The molecule has 0 amide bonds. The van der Waals surface area contributed by atoms with Crippen LogP contribution < -0.4 is 5.32 Å². The highest BCUT2D eigenvalue weighted by Gasteiger charge is 2.15. The monoisotopic (exact) mass is 274 g/mol. The molecule has 1 aromatic heterocycles. The van der Waals surface area contributed by atoms with Gasteiger partial charge in [-0.15, -0.1) is 0 Å². The highest BCUT2D eigenvalue weighted by atomic mass is 19.1. The normalized spacial score (nSPS) is 13.5. The number of hydrogen-bond donors (Lipinski definition) is 2. The van der Waals surface area contributed by atoms with Crippen molar-refractivity contribution < 1.29 is 13.9 Å². The Bertz CT molecular complexity index is 605. The summed E-state index contributed by atoms with van der Waals surface area (Å²) in [5, 5.41) is 22.0. The number of rotatable bonds is 5. The largest absolute Gasteiger partial charge is 0.467 e. The van der Waals surface area contributed by atoms with Gasteiger partial charge in [0.15, 0.2) is 0 Å². The molecule has 20 heavy (non-hydrogen) atoms. The number of furan rings is 1. The SMILES string of the molecule is C[C@@H](C[C@H](O)c1ccco1)Nc1ccc(F)cc1C#N. The van der Waals surface area contributed by atoms with Crippen LogP contribution in [0.3, 0.4) is 0 Å². The Morgan fingerprint density at radius 1 is 1.45 bits per heavy atom. The van der Waals surface area contributed by atoms with Crippen molar-refractivity contribution in [2.45, 2.75) is 25.5 Å². The smallest absolute Gasteiger partial charge is 0.132 e. The maximum atomic E-state index is 13.0. The third-order valence-electron chi connectivity index (χ3n) is 2.95. The summed E-state index contributed by atoms with van der Waals surface area (Å²) in [6.45, 7) is 1.87. The molecule has 0 saturated carbocycles. The lowest BCUT2D eigenvalue weighted by molar-refractivity contribution is 0.136. The molecule has 0 saturated heterocycles. The lowest BCUT2D eigenvalue weighted by atomic mass is 10.1. The molecular formula is C15H15FN2O2. The third-order valence-corrected chi connectivity index (χ3v) is 2.95. The summed E-state index contributed by atoms with van der Waals surface area (Å²) in [4.78, 5) is 0.